The molecule has 0 fully saturated rings. The molecule has 18 heavy (non-hydrogen) atoms. The molecule has 0 spiro atoms. The van der Waals surface area contributed by atoms with Crippen molar-refractivity contribution in [2.75, 3.05) is 0 Å². The van der Waals surface area contributed by atoms with E-state index in [0.29, 0.717) is 0 Å². The van der Waals surface area contributed by atoms with Gasteiger partial charge in [-0.05, 0) is 12.8 Å². The molecule has 0 aliphatic rings. The van der Waals surface area contributed by atoms with E-state index >= 15 is 0 Å². The van der Waals surface area contributed by atoms with Crippen LogP contribution in [0.1, 0.15) is 12.8 Å². The van der Waals surface area contributed by atoms with Crippen LogP contribution in [0.5, 0.6) is 0 Å². The summed E-state index contributed by atoms with van der Waals surface area (Å²) < 4.78 is 13.5. The van der Waals surface area contributed by atoms with Gasteiger partial charge in [-0.2, -0.15) is 0 Å². The number of aliphatic carboxylic acids is 2. The fraction of sp³-hybridized carbons (Fsp3) is 0.600. The zero-order valence-electron chi connectivity index (χ0n) is 10.7. The van der Waals surface area contributed by atoms with Crippen LogP contribution in [0.2, 0.25) is 0 Å². The van der Waals surface area contributed by atoms with Crippen LogP contribution in [-0.2, 0) is 18.7 Å². The molecule has 13 heteroatoms. The molecule has 0 amide bonds. The van der Waals surface area contributed by atoms with Crippen LogP contribution in [0.4, 0.5) is 0 Å². The summed E-state index contributed by atoms with van der Waals surface area (Å²) in [6, 6.07) is 0. The van der Waals surface area contributed by atoms with Gasteiger partial charge in [0.1, 0.15) is 6.10 Å². The fourth-order valence-electron chi connectivity index (χ4n) is 0.618. The van der Waals surface area contributed by atoms with Crippen LogP contribution in [0.15, 0.2) is 0 Å². The molecule has 0 saturated carbocycles. The first-order valence-corrected chi connectivity index (χ1v) is 4.79. The van der Waals surface area contributed by atoms with E-state index in [9.17, 15) is 34.2 Å². The maximum atomic E-state index is 10.1. The third-order valence-electron chi connectivity index (χ3n) is 1.13. The van der Waals surface area contributed by atoms with E-state index in [4.69, 9.17) is 0 Å². The third kappa shape index (κ3) is 19.8. The number of hydrogen-bond acceptors (Lipinski definition) is 8. The number of hydrogen-bond donors (Lipinski definition) is 0. The van der Waals surface area contributed by atoms with Crippen LogP contribution >= 0.6 is 7.82 Å². The summed E-state index contributed by atoms with van der Waals surface area (Å²) in [5.41, 5.74) is 0. The van der Waals surface area contributed by atoms with Crippen molar-refractivity contribution in [3.8, 4) is 0 Å². The molecule has 0 radical (unpaired) electrons. The van der Waals surface area contributed by atoms with Crippen molar-refractivity contribution in [2.45, 2.75) is 18.9 Å². The van der Waals surface area contributed by atoms with E-state index in [2.05, 4.69) is 4.52 Å². The Hall–Kier alpha value is 1.44. The molecule has 82 valence electrons. The van der Waals surface area contributed by atoms with Crippen LogP contribution in [0, 0.1) is 0 Å². The Morgan fingerprint density at radius 2 is 1.44 bits per heavy atom. The number of carbonyl (C=O) groups excluding carboxylic acids is 2. The Labute approximate surface area is 152 Å². The quantitative estimate of drug-likeness (QED) is 0.333. The van der Waals surface area contributed by atoms with E-state index in [-0.39, 0.29) is 75.4 Å². The van der Waals surface area contributed by atoms with Gasteiger partial charge in [0, 0.05) is 5.97 Å². The van der Waals surface area contributed by atoms with Gasteiger partial charge in [0.2, 0.25) is 0 Å². The Morgan fingerprint density at radius 1 is 1.06 bits per heavy atom. The summed E-state index contributed by atoms with van der Waals surface area (Å²) in [6.45, 7) is 0. The van der Waals surface area contributed by atoms with Crippen molar-refractivity contribution in [3.05, 3.63) is 0 Å². The monoisotopic (exact) mass is 252 g/mol. The summed E-state index contributed by atoms with van der Waals surface area (Å²) in [4.78, 5) is 40.0. The summed E-state index contributed by atoms with van der Waals surface area (Å²) >= 11 is 0. The molecule has 0 rings (SSSR count). The standard InChI is InChI=1S/C5H9O8P.4Li/c6-4(7)2-1-3(5(8)9)13-14(10,11)12;;;;/h3H,1-2H2,(H,6,7)(H,8,9)(H2,10,11,12);;;;/q;4*+1/p-4/t3-;;;;/m0..../s1. The molecule has 0 aromatic rings. The zero-order chi connectivity index (χ0) is 11.4. The molecule has 0 heterocycles. The molecule has 0 bridgehead atoms. The minimum Gasteiger partial charge on any atom is -0.790 e. The van der Waals surface area contributed by atoms with E-state index in [1.165, 1.54) is 0 Å². The second kappa shape index (κ2) is 14.8. The summed E-state index contributed by atoms with van der Waals surface area (Å²) in [5, 5.41) is 20.0. The molecule has 0 N–H and O–H groups in total. The predicted octanol–water partition coefficient (Wildman–Crippen LogP) is -16.5. The first kappa shape index (κ1) is 31.7. The average Bonchev–Trinajstić information content (AvgIpc) is 1.94. The first-order chi connectivity index (χ1) is 6.22. The molecule has 0 aliphatic heterocycles. The number of rotatable bonds is 6. The van der Waals surface area contributed by atoms with E-state index in [1.807, 2.05) is 0 Å². The normalized spacial score (nSPS) is 10.6. The van der Waals surface area contributed by atoms with Gasteiger partial charge in [-0.3, -0.25) is 0 Å². The molecule has 1 atom stereocenters. The van der Waals surface area contributed by atoms with Gasteiger partial charge in [0.05, 0.1) is 13.8 Å². The van der Waals surface area contributed by atoms with Crippen molar-refractivity contribution in [1.82, 2.24) is 0 Å². The zero-order valence-corrected chi connectivity index (χ0v) is 11.6. The third-order valence-corrected chi connectivity index (χ3v) is 1.64. The number of carboxylic acids is 2. The maximum Gasteiger partial charge on any atom is 1.00 e. The Kier molecular flexibility index (Phi) is 26.1. The minimum absolute atomic E-state index is 0. The van der Waals surface area contributed by atoms with Crippen LogP contribution < -0.4 is 95.4 Å². The Morgan fingerprint density at radius 3 is 1.67 bits per heavy atom. The number of phosphoric acid groups is 1. The van der Waals surface area contributed by atoms with Gasteiger partial charge in [-0.25, -0.2) is 0 Å². The second-order valence-electron chi connectivity index (χ2n) is 2.27. The van der Waals surface area contributed by atoms with Gasteiger partial charge in [0.15, 0.2) is 0 Å². The Bertz CT molecular complexity index is 281. The van der Waals surface area contributed by atoms with Crippen molar-refractivity contribution < 1.29 is 114 Å². The van der Waals surface area contributed by atoms with Crippen LogP contribution in [-0.4, -0.2) is 18.0 Å². The first-order valence-electron chi connectivity index (χ1n) is 3.33. The van der Waals surface area contributed by atoms with E-state index in [0.717, 1.165) is 0 Å². The van der Waals surface area contributed by atoms with Crippen molar-refractivity contribution in [2.24, 2.45) is 0 Å². The summed E-state index contributed by atoms with van der Waals surface area (Å²) in [6.07, 6.45) is -3.55. The van der Waals surface area contributed by atoms with Crippen molar-refractivity contribution in [3.63, 3.8) is 0 Å². The fourth-order valence-corrected chi connectivity index (χ4v) is 1.12. The predicted molar refractivity (Wildman–Crippen MR) is 31.7 cm³/mol. The Balaban J connectivity index is -0.000000141. The summed E-state index contributed by atoms with van der Waals surface area (Å²) in [7, 11) is -5.47. The molecule has 0 unspecified atom stereocenters. The molecular weight excluding hydrogens is 247 g/mol. The maximum absolute atomic E-state index is 10.1. The van der Waals surface area contributed by atoms with Gasteiger partial charge in [0.25, 0.3) is 0 Å². The minimum atomic E-state index is -5.47. The molecule has 0 aromatic heterocycles. The van der Waals surface area contributed by atoms with Gasteiger partial charge in [-0.15, -0.1) is 0 Å². The van der Waals surface area contributed by atoms with Crippen LogP contribution in [0.3, 0.4) is 0 Å². The number of phosphoric ester groups is 1. The molecule has 0 aliphatic carbocycles. The molecule has 8 nitrogen and oxygen atoms in total. The summed E-state index contributed by atoms with van der Waals surface area (Å²) in [5.74, 6) is -3.57. The second-order valence-corrected chi connectivity index (χ2v) is 3.38. The SMILES string of the molecule is O=C([O-])CC[C@H](OP(=O)([O-])[O-])C(=O)[O-].[Li+].[Li+].[Li+].[Li+]. The van der Waals surface area contributed by atoms with E-state index in [1.54, 1.807) is 0 Å². The van der Waals surface area contributed by atoms with Crippen molar-refractivity contribution >= 4 is 19.8 Å². The number of carboxylic acid groups (broad SMARTS) is 2. The molecule has 0 aromatic carbocycles. The largest absolute Gasteiger partial charge is 1.00 e. The van der Waals surface area contributed by atoms with Crippen LogP contribution in [0.25, 0.3) is 0 Å². The average molecular weight is 252 g/mol. The topological polar surface area (TPSA) is 153 Å². The number of carbonyl (C=O) groups is 2. The van der Waals surface area contributed by atoms with Gasteiger partial charge >= 0.3 is 75.4 Å². The van der Waals surface area contributed by atoms with Gasteiger partial charge in [-0.1, -0.05) is 0 Å². The smallest absolute Gasteiger partial charge is 0.790 e. The van der Waals surface area contributed by atoms with E-state index < -0.39 is 38.7 Å². The van der Waals surface area contributed by atoms with Gasteiger partial charge < -0.3 is 38.7 Å². The molecular formula is C5H5Li4O8P. The van der Waals surface area contributed by atoms with Crippen molar-refractivity contribution in [1.29, 1.82) is 0 Å². The molecule has 0 saturated heterocycles.